The fraction of sp³-hybridized carbons (Fsp3) is 0.412. The summed E-state index contributed by atoms with van der Waals surface area (Å²) in [7, 11) is 0. The topological polar surface area (TPSA) is 73.1 Å². The Morgan fingerprint density at radius 2 is 2.08 bits per heavy atom. The highest BCUT2D eigenvalue weighted by Crippen LogP contribution is 2.28. The van der Waals surface area contributed by atoms with E-state index < -0.39 is 23.8 Å². The molecule has 4 rings (SSSR count). The zero-order valence-electron chi connectivity index (χ0n) is 14.1. The molecule has 26 heavy (non-hydrogen) atoms. The standard InChI is InChI=1S/C17H18F3N5O/c1-9-6-22-16(26-9)8-25-15-5-12(20)11(19)4-14(15)23-17(25)24-3-2-10(18)13(21)7-24/h4-6,10,13H,2-3,7-8,21H2,1H3. The number of aryl methyl sites for hydroxylation is 1. The van der Waals surface area contributed by atoms with Crippen LogP contribution in [0.4, 0.5) is 19.1 Å². The van der Waals surface area contributed by atoms with Crippen LogP contribution in [0.1, 0.15) is 18.1 Å². The average Bonchev–Trinajstić information content (AvgIpc) is 3.15. The van der Waals surface area contributed by atoms with Gasteiger partial charge in [0.25, 0.3) is 0 Å². The molecule has 1 aromatic carbocycles. The number of anilines is 1. The van der Waals surface area contributed by atoms with Gasteiger partial charge in [0.1, 0.15) is 18.5 Å². The van der Waals surface area contributed by atoms with Crippen LogP contribution in [-0.4, -0.2) is 39.8 Å². The molecule has 2 unspecified atom stereocenters. The lowest BCUT2D eigenvalue weighted by molar-refractivity contribution is 0.243. The van der Waals surface area contributed by atoms with E-state index in [9.17, 15) is 13.2 Å². The van der Waals surface area contributed by atoms with Crippen LogP contribution in [0.15, 0.2) is 22.7 Å². The van der Waals surface area contributed by atoms with E-state index in [2.05, 4.69) is 9.97 Å². The predicted octanol–water partition coefficient (Wildman–Crippen LogP) is 2.53. The third-order valence-electron chi connectivity index (χ3n) is 4.59. The van der Waals surface area contributed by atoms with Crippen LogP contribution in [-0.2, 0) is 6.54 Å². The maximum atomic E-state index is 13.8. The summed E-state index contributed by atoms with van der Waals surface area (Å²) in [5.74, 6) is -0.420. The van der Waals surface area contributed by atoms with Crippen molar-refractivity contribution in [2.45, 2.75) is 32.1 Å². The Kier molecular flexibility index (Phi) is 4.10. The molecule has 1 fully saturated rings. The predicted molar refractivity (Wildman–Crippen MR) is 89.7 cm³/mol. The van der Waals surface area contributed by atoms with Crippen LogP contribution in [0.5, 0.6) is 0 Å². The molecule has 138 valence electrons. The number of nitrogens with zero attached hydrogens (tertiary/aromatic N) is 4. The van der Waals surface area contributed by atoms with E-state index in [1.165, 1.54) is 0 Å². The number of aromatic nitrogens is 3. The zero-order chi connectivity index (χ0) is 18.4. The minimum atomic E-state index is -1.08. The van der Waals surface area contributed by atoms with E-state index in [4.69, 9.17) is 10.2 Å². The van der Waals surface area contributed by atoms with Crippen LogP contribution >= 0.6 is 0 Å². The Hall–Kier alpha value is -2.55. The maximum Gasteiger partial charge on any atom is 0.214 e. The summed E-state index contributed by atoms with van der Waals surface area (Å²) in [6, 6.07) is 1.50. The average molecular weight is 365 g/mol. The van der Waals surface area contributed by atoms with Gasteiger partial charge in [0.05, 0.1) is 23.3 Å². The summed E-state index contributed by atoms with van der Waals surface area (Å²) in [5, 5.41) is 0. The molecule has 6 nitrogen and oxygen atoms in total. The van der Waals surface area contributed by atoms with Crippen molar-refractivity contribution >= 4 is 17.0 Å². The number of imidazole rings is 1. The van der Waals surface area contributed by atoms with Crippen molar-refractivity contribution in [3.05, 3.63) is 41.6 Å². The highest BCUT2D eigenvalue weighted by Gasteiger charge is 2.29. The van der Waals surface area contributed by atoms with Crippen molar-refractivity contribution in [3.8, 4) is 0 Å². The highest BCUT2D eigenvalue weighted by atomic mass is 19.2. The maximum absolute atomic E-state index is 13.8. The van der Waals surface area contributed by atoms with Gasteiger partial charge >= 0.3 is 0 Å². The van der Waals surface area contributed by atoms with E-state index in [0.717, 1.165) is 12.1 Å². The van der Waals surface area contributed by atoms with Gasteiger partial charge in [0.15, 0.2) is 11.6 Å². The second-order valence-electron chi connectivity index (χ2n) is 6.53. The molecule has 9 heteroatoms. The van der Waals surface area contributed by atoms with Gasteiger partial charge in [-0.25, -0.2) is 23.1 Å². The largest absolute Gasteiger partial charge is 0.444 e. The van der Waals surface area contributed by atoms with Gasteiger partial charge in [0, 0.05) is 25.2 Å². The molecule has 3 heterocycles. The molecule has 0 spiro atoms. The quantitative estimate of drug-likeness (QED) is 0.772. The molecule has 1 saturated heterocycles. The fourth-order valence-electron chi connectivity index (χ4n) is 3.25. The number of hydrogen-bond donors (Lipinski definition) is 1. The number of alkyl halides is 1. The van der Waals surface area contributed by atoms with Crippen LogP contribution in [0.2, 0.25) is 0 Å². The number of oxazole rings is 1. The summed E-state index contributed by atoms with van der Waals surface area (Å²) in [4.78, 5) is 10.4. The third kappa shape index (κ3) is 2.92. The van der Waals surface area contributed by atoms with Gasteiger partial charge in [-0.15, -0.1) is 0 Å². The Balaban J connectivity index is 1.81. The second-order valence-corrected chi connectivity index (χ2v) is 6.53. The van der Waals surface area contributed by atoms with E-state index >= 15 is 0 Å². The number of halogens is 3. The van der Waals surface area contributed by atoms with Gasteiger partial charge < -0.3 is 19.6 Å². The number of fused-ring (bicyclic) bond motifs is 1. The first-order chi connectivity index (χ1) is 12.4. The van der Waals surface area contributed by atoms with Gasteiger partial charge in [-0.1, -0.05) is 0 Å². The van der Waals surface area contributed by atoms with E-state index in [-0.39, 0.29) is 19.5 Å². The summed E-state index contributed by atoms with van der Waals surface area (Å²) in [6.45, 7) is 2.63. The Labute approximate surface area is 147 Å². The van der Waals surface area contributed by atoms with Crippen molar-refractivity contribution in [2.75, 3.05) is 18.0 Å². The molecular weight excluding hydrogens is 347 g/mol. The van der Waals surface area contributed by atoms with Crippen LogP contribution in [0, 0.1) is 18.6 Å². The van der Waals surface area contributed by atoms with E-state index in [0.29, 0.717) is 35.2 Å². The van der Waals surface area contributed by atoms with Crippen molar-refractivity contribution in [2.24, 2.45) is 5.73 Å². The number of nitrogens with two attached hydrogens (primary N) is 1. The zero-order valence-corrected chi connectivity index (χ0v) is 14.1. The van der Waals surface area contributed by atoms with Crippen LogP contribution < -0.4 is 10.6 Å². The molecule has 0 radical (unpaired) electrons. The second kappa shape index (κ2) is 6.31. The molecule has 0 bridgehead atoms. The number of hydrogen-bond acceptors (Lipinski definition) is 5. The first-order valence-electron chi connectivity index (χ1n) is 8.33. The van der Waals surface area contributed by atoms with E-state index in [1.54, 1.807) is 17.7 Å². The minimum Gasteiger partial charge on any atom is -0.444 e. The van der Waals surface area contributed by atoms with Crippen molar-refractivity contribution < 1.29 is 17.6 Å². The Morgan fingerprint density at radius 1 is 1.31 bits per heavy atom. The number of rotatable bonds is 3. The van der Waals surface area contributed by atoms with Gasteiger partial charge in [0.2, 0.25) is 11.8 Å². The van der Waals surface area contributed by atoms with E-state index in [1.807, 2.05) is 4.90 Å². The van der Waals surface area contributed by atoms with Crippen molar-refractivity contribution in [1.82, 2.24) is 14.5 Å². The molecular formula is C17H18F3N5O. The van der Waals surface area contributed by atoms with Crippen LogP contribution in [0.25, 0.3) is 11.0 Å². The van der Waals surface area contributed by atoms with Gasteiger partial charge in [-0.05, 0) is 13.3 Å². The fourth-order valence-corrected chi connectivity index (χ4v) is 3.25. The molecule has 0 aliphatic carbocycles. The smallest absolute Gasteiger partial charge is 0.214 e. The van der Waals surface area contributed by atoms with Gasteiger partial charge in [-0.3, -0.25) is 0 Å². The lowest BCUT2D eigenvalue weighted by Gasteiger charge is -2.33. The summed E-state index contributed by atoms with van der Waals surface area (Å²) >= 11 is 0. The number of piperidine rings is 1. The van der Waals surface area contributed by atoms with Crippen molar-refractivity contribution in [3.63, 3.8) is 0 Å². The summed E-state index contributed by atoms with van der Waals surface area (Å²) < 4.78 is 48.4. The first-order valence-corrected chi connectivity index (χ1v) is 8.33. The minimum absolute atomic E-state index is 0.190. The lowest BCUT2D eigenvalue weighted by Crippen LogP contribution is -2.50. The molecule has 3 aromatic rings. The third-order valence-corrected chi connectivity index (χ3v) is 4.59. The molecule has 2 atom stereocenters. The molecule has 0 saturated carbocycles. The van der Waals surface area contributed by atoms with Crippen molar-refractivity contribution in [1.29, 1.82) is 0 Å². The Morgan fingerprint density at radius 3 is 2.77 bits per heavy atom. The van der Waals surface area contributed by atoms with Gasteiger partial charge in [-0.2, -0.15) is 0 Å². The first kappa shape index (κ1) is 16.9. The monoisotopic (exact) mass is 365 g/mol. The molecule has 2 N–H and O–H groups in total. The molecule has 2 aromatic heterocycles. The Bertz CT molecular complexity index is 953. The summed E-state index contributed by atoms with van der Waals surface area (Å²) in [6.07, 6.45) is 0.776. The highest BCUT2D eigenvalue weighted by molar-refractivity contribution is 5.79. The summed E-state index contributed by atoms with van der Waals surface area (Å²) in [5.41, 5.74) is 6.56. The molecule has 1 aliphatic heterocycles. The molecule has 1 aliphatic rings. The number of benzene rings is 1. The SMILES string of the molecule is Cc1cnc(Cn2c(N3CCC(F)C(N)C3)nc3cc(F)c(F)cc32)o1. The lowest BCUT2D eigenvalue weighted by atomic mass is 10.1. The normalized spacial score (nSPS) is 20.9. The molecule has 0 amide bonds. The van der Waals surface area contributed by atoms with Crippen LogP contribution in [0.3, 0.4) is 0 Å².